The fourth-order valence-corrected chi connectivity index (χ4v) is 2.73. The van der Waals surface area contributed by atoms with Crippen molar-refractivity contribution < 1.29 is 22.8 Å². The molecule has 0 fully saturated rings. The highest BCUT2D eigenvalue weighted by Gasteiger charge is 2.18. The normalized spacial score (nSPS) is 10.8. The molecule has 5 nitrogen and oxygen atoms in total. The number of halogens is 4. The standard InChI is InChI=1S/C20H21ClF3N3O2/c1-2-9-27(11-17(28)25-10-13-3-5-14(21)6-4-13)12-18(29)26-16-8-7-15(22)19(23)20(16)24/h3-8H,2,9-12H2,1H3,(H,25,28)(H,26,29). The monoisotopic (exact) mass is 427 g/mol. The van der Waals surface area contributed by atoms with Gasteiger partial charge in [0, 0.05) is 11.6 Å². The molecule has 0 aromatic heterocycles. The van der Waals surface area contributed by atoms with Crippen molar-refractivity contribution in [2.75, 3.05) is 25.0 Å². The van der Waals surface area contributed by atoms with Crippen molar-refractivity contribution in [2.24, 2.45) is 0 Å². The van der Waals surface area contributed by atoms with Gasteiger partial charge in [0.2, 0.25) is 11.8 Å². The Morgan fingerprint density at radius 3 is 2.28 bits per heavy atom. The summed E-state index contributed by atoms with van der Waals surface area (Å²) in [7, 11) is 0. The van der Waals surface area contributed by atoms with E-state index in [4.69, 9.17) is 11.6 Å². The molecule has 0 heterocycles. The maximum Gasteiger partial charge on any atom is 0.238 e. The van der Waals surface area contributed by atoms with Gasteiger partial charge in [0.25, 0.3) is 0 Å². The minimum Gasteiger partial charge on any atom is -0.351 e. The van der Waals surface area contributed by atoms with Crippen LogP contribution >= 0.6 is 11.6 Å². The van der Waals surface area contributed by atoms with Crippen LogP contribution in [0.4, 0.5) is 18.9 Å². The lowest BCUT2D eigenvalue weighted by molar-refractivity contribution is -0.123. The first-order valence-corrected chi connectivity index (χ1v) is 9.34. The topological polar surface area (TPSA) is 61.4 Å². The summed E-state index contributed by atoms with van der Waals surface area (Å²) in [5.41, 5.74) is 0.411. The lowest BCUT2D eigenvalue weighted by Crippen LogP contribution is -2.41. The van der Waals surface area contributed by atoms with E-state index in [-0.39, 0.29) is 19.0 Å². The van der Waals surface area contributed by atoms with E-state index in [0.717, 1.165) is 17.7 Å². The third-order valence-electron chi connectivity index (χ3n) is 3.99. The number of anilines is 1. The Morgan fingerprint density at radius 1 is 0.966 bits per heavy atom. The van der Waals surface area contributed by atoms with Crippen molar-refractivity contribution in [2.45, 2.75) is 19.9 Å². The second-order valence-corrected chi connectivity index (χ2v) is 6.82. The SMILES string of the molecule is CCCN(CC(=O)NCc1ccc(Cl)cc1)CC(=O)Nc1ccc(F)c(F)c1F. The number of nitrogens with zero attached hydrogens (tertiary/aromatic N) is 1. The number of carbonyl (C=O) groups excluding carboxylic acids is 2. The van der Waals surface area contributed by atoms with E-state index >= 15 is 0 Å². The molecule has 0 radical (unpaired) electrons. The lowest BCUT2D eigenvalue weighted by atomic mass is 10.2. The van der Waals surface area contributed by atoms with Gasteiger partial charge >= 0.3 is 0 Å². The second kappa shape index (κ2) is 10.8. The highest BCUT2D eigenvalue weighted by atomic mass is 35.5. The van der Waals surface area contributed by atoms with Gasteiger partial charge in [0.1, 0.15) is 0 Å². The zero-order valence-corrected chi connectivity index (χ0v) is 16.5. The van der Waals surface area contributed by atoms with E-state index in [9.17, 15) is 22.8 Å². The van der Waals surface area contributed by atoms with Crippen molar-refractivity contribution in [1.82, 2.24) is 10.2 Å². The van der Waals surface area contributed by atoms with Crippen LogP contribution in [-0.4, -0.2) is 36.3 Å². The molecule has 2 amide bonds. The third kappa shape index (κ3) is 7.07. The number of hydrogen-bond donors (Lipinski definition) is 2. The van der Waals surface area contributed by atoms with Gasteiger partial charge < -0.3 is 10.6 Å². The molecule has 0 spiro atoms. The molecule has 0 unspecified atom stereocenters. The van der Waals surface area contributed by atoms with Crippen LogP contribution in [0.1, 0.15) is 18.9 Å². The van der Waals surface area contributed by atoms with Crippen LogP contribution in [0.2, 0.25) is 5.02 Å². The average molecular weight is 428 g/mol. The fraction of sp³-hybridized carbons (Fsp3) is 0.300. The first-order valence-electron chi connectivity index (χ1n) is 8.97. The summed E-state index contributed by atoms with van der Waals surface area (Å²) in [6, 6.07) is 8.67. The molecule has 0 aliphatic carbocycles. The number of hydrogen-bond acceptors (Lipinski definition) is 3. The fourth-order valence-electron chi connectivity index (χ4n) is 2.61. The van der Waals surface area contributed by atoms with E-state index in [2.05, 4.69) is 10.6 Å². The maximum atomic E-state index is 13.7. The highest BCUT2D eigenvalue weighted by molar-refractivity contribution is 6.30. The summed E-state index contributed by atoms with van der Waals surface area (Å²) in [5.74, 6) is -5.41. The Balaban J connectivity index is 1.89. The Bertz CT molecular complexity index is 863. The molecule has 0 atom stereocenters. The number of nitrogens with one attached hydrogen (secondary N) is 2. The summed E-state index contributed by atoms with van der Waals surface area (Å²) < 4.78 is 39.9. The quantitative estimate of drug-likeness (QED) is 0.599. The molecule has 2 rings (SSSR count). The van der Waals surface area contributed by atoms with Crippen LogP contribution in [0, 0.1) is 17.5 Å². The molecular weight excluding hydrogens is 407 g/mol. The molecule has 0 aliphatic heterocycles. The summed E-state index contributed by atoms with van der Waals surface area (Å²) >= 11 is 5.82. The van der Waals surface area contributed by atoms with Crippen LogP contribution < -0.4 is 10.6 Å². The molecule has 0 bridgehead atoms. The minimum absolute atomic E-state index is 0.0465. The largest absolute Gasteiger partial charge is 0.351 e. The number of benzene rings is 2. The van der Waals surface area contributed by atoms with E-state index in [1.54, 1.807) is 29.2 Å². The molecule has 2 aromatic carbocycles. The van der Waals surface area contributed by atoms with Crippen LogP contribution in [0.15, 0.2) is 36.4 Å². The van der Waals surface area contributed by atoms with Crippen molar-refractivity contribution in [3.05, 3.63) is 64.4 Å². The van der Waals surface area contributed by atoms with E-state index < -0.39 is 29.0 Å². The molecule has 9 heteroatoms. The molecular formula is C20H21ClF3N3O2. The van der Waals surface area contributed by atoms with E-state index in [0.29, 0.717) is 24.5 Å². The molecule has 2 N–H and O–H groups in total. The summed E-state index contributed by atoms with van der Waals surface area (Å²) in [4.78, 5) is 25.9. The van der Waals surface area contributed by atoms with Gasteiger partial charge in [-0.1, -0.05) is 30.7 Å². The van der Waals surface area contributed by atoms with Crippen LogP contribution in [-0.2, 0) is 16.1 Å². The molecule has 0 saturated heterocycles. The Morgan fingerprint density at radius 2 is 1.62 bits per heavy atom. The van der Waals surface area contributed by atoms with Crippen molar-refractivity contribution in [1.29, 1.82) is 0 Å². The minimum atomic E-state index is -1.66. The number of rotatable bonds is 9. The predicted molar refractivity (Wildman–Crippen MR) is 105 cm³/mol. The van der Waals surface area contributed by atoms with Gasteiger partial charge in [0.05, 0.1) is 18.8 Å². The third-order valence-corrected chi connectivity index (χ3v) is 4.24. The first kappa shape index (κ1) is 22.7. The molecule has 0 aliphatic rings. The number of carbonyl (C=O) groups is 2. The van der Waals surface area contributed by atoms with Crippen LogP contribution in [0.3, 0.4) is 0 Å². The van der Waals surface area contributed by atoms with Gasteiger partial charge in [-0.2, -0.15) is 0 Å². The maximum absolute atomic E-state index is 13.7. The summed E-state index contributed by atoms with van der Waals surface area (Å²) in [6.45, 7) is 2.38. The summed E-state index contributed by atoms with van der Waals surface area (Å²) in [5, 5.41) is 5.54. The van der Waals surface area contributed by atoms with Gasteiger partial charge in [0.15, 0.2) is 17.5 Å². The Hall–Kier alpha value is -2.58. The zero-order valence-electron chi connectivity index (χ0n) is 15.8. The van der Waals surface area contributed by atoms with Crippen LogP contribution in [0.25, 0.3) is 0 Å². The number of amides is 2. The van der Waals surface area contributed by atoms with Crippen molar-refractivity contribution in [3.8, 4) is 0 Å². The molecule has 0 saturated carbocycles. The summed E-state index contributed by atoms with van der Waals surface area (Å²) in [6.07, 6.45) is 0.678. The van der Waals surface area contributed by atoms with Gasteiger partial charge in [-0.25, -0.2) is 13.2 Å². The van der Waals surface area contributed by atoms with E-state index in [1.807, 2.05) is 6.92 Å². The van der Waals surface area contributed by atoms with Crippen molar-refractivity contribution >= 4 is 29.1 Å². The predicted octanol–water partition coefficient (Wildman–Crippen LogP) is 3.72. The second-order valence-electron chi connectivity index (χ2n) is 6.38. The van der Waals surface area contributed by atoms with E-state index in [1.165, 1.54) is 0 Å². The van der Waals surface area contributed by atoms with Gasteiger partial charge in [-0.05, 0) is 42.8 Å². The molecule has 29 heavy (non-hydrogen) atoms. The first-order chi connectivity index (χ1) is 13.8. The van der Waals surface area contributed by atoms with Crippen molar-refractivity contribution in [3.63, 3.8) is 0 Å². The van der Waals surface area contributed by atoms with Gasteiger partial charge in [-0.3, -0.25) is 14.5 Å². The Kier molecular flexibility index (Phi) is 8.48. The molecule has 2 aromatic rings. The smallest absolute Gasteiger partial charge is 0.238 e. The van der Waals surface area contributed by atoms with Crippen LogP contribution in [0.5, 0.6) is 0 Å². The highest BCUT2D eigenvalue weighted by Crippen LogP contribution is 2.19. The lowest BCUT2D eigenvalue weighted by Gasteiger charge is -2.20. The molecule has 156 valence electrons. The average Bonchev–Trinajstić information content (AvgIpc) is 2.68. The van der Waals surface area contributed by atoms with Gasteiger partial charge in [-0.15, -0.1) is 0 Å². The zero-order chi connectivity index (χ0) is 21.4. The Labute approximate surface area is 171 Å².